The second-order valence-electron chi connectivity index (χ2n) is 4.98. The predicted molar refractivity (Wildman–Crippen MR) is 57.8 cm³/mol. The van der Waals surface area contributed by atoms with Gasteiger partial charge in [0.2, 0.25) is 0 Å². The molecule has 0 aromatic rings. The SMILES string of the molecule is C[C@H](N[S@](=O)C(C)(C)C)C1CCC1. The lowest BCUT2D eigenvalue weighted by molar-refractivity contribution is 0.261. The monoisotopic (exact) mass is 203 g/mol. The number of rotatable bonds is 3. The van der Waals surface area contributed by atoms with Crippen molar-refractivity contribution in [3.8, 4) is 0 Å². The normalized spacial score (nSPS) is 23.7. The Kier molecular flexibility index (Phi) is 3.52. The molecule has 2 atom stereocenters. The first-order valence-corrected chi connectivity index (χ1v) is 6.24. The van der Waals surface area contributed by atoms with Crippen LogP contribution in [-0.2, 0) is 11.0 Å². The molecule has 0 unspecified atom stereocenters. The van der Waals surface area contributed by atoms with Gasteiger partial charge in [0, 0.05) is 6.04 Å². The highest BCUT2D eigenvalue weighted by Crippen LogP contribution is 2.29. The number of nitrogens with one attached hydrogen (secondary N) is 1. The van der Waals surface area contributed by atoms with Gasteiger partial charge in [-0.1, -0.05) is 6.42 Å². The quantitative estimate of drug-likeness (QED) is 0.749. The van der Waals surface area contributed by atoms with E-state index in [0.717, 1.165) is 5.92 Å². The minimum absolute atomic E-state index is 0.141. The summed E-state index contributed by atoms with van der Waals surface area (Å²) in [5.74, 6) is 0.756. The van der Waals surface area contributed by atoms with Crippen molar-refractivity contribution < 1.29 is 4.21 Å². The fourth-order valence-corrected chi connectivity index (χ4v) is 2.27. The Morgan fingerprint density at radius 3 is 2.23 bits per heavy atom. The zero-order valence-electron chi connectivity index (χ0n) is 9.09. The van der Waals surface area contributed by atoms with Gasteiger partial charge in [-0.25, -0.2) is 8.93 Å². The predicted octanol–water partition coefficient (Wildman–Crippen LogP) is 2.23. The van der Waals surface area contributed by atoms with Gasteiger partial charge in [-0.3, -0.25) is 0 Å². The minimum atomic E-state index is -0.906. The topological polar surface area (TPSA) is 29.1 Å². The third-order valence-corrected chi connectivity index (χ3v) is 4.40. The van der Waals surface area contributed by atoms with E-state index >= 15 is 0 Å². The third-order valence-electron chi connectivity index (χ3n) is 2.71. The van der Waals surface area contributed by atoms with E-state index in [9.17, 15) is 4.21 Å². The first-order valence-electron chi connectivity index (χ1n) is 5.09. The van der Waals surface area contributed by atoms with Crippen molar-refractivity contribution in [2.75, 3.05) is 0 Å². The molecule has 1 rings (SSSR count). The average molecular weight is 203 g/mol. The van der Waals surface area contributed by atoms with Crippen LogP contribution in [0.15, 0.2) is 0 Å². The maximum Gasteiger partial charge on any atom is 0.0972 e. The van der Waals surface area contributed by atoms with Crippen molar-refractivity contribution >= 4 is 11.0 Å². The molecule has 2 nitrogen and oxygen atoms in total. The third kappa shape index (κ3) is 3.06. The zero-order chi connectivity index (χ0) is 10.1. The fraction of sp³-hybridized carbons (Fsp3) is 1.00. The van der Waals surface area contributed by atoms with E-state index in [-0.39, 0.29) is 4.75 Å². The van der Waals surface area contributed by atoms with Gasteiger partial charge in [-0.15, -0.1) is 0 Å². The van der Waals surface area contributed by atoms with Crippen LogP contribution < -0.4 is 4.72 Å². The van der Waals surface area contributed by atoms with Crippen LogP contribution in [0.3, 0.4) is 0 Å². The van der Waals surface area contributed by atoms with E-state index in [0.29, 0.717) is 6.04 Å². The molecule has 0 saturated heterocycles. The summed E-state index contributed by atoms with van der Waals surface area (Å²) in [6, 6.07) is 0.411. The number of hydrogen-bond donors (Lipinski definition) is 1. The Balaban J connectivity index is 2.35. The Morgan fingerprint density at radius 2 is 1.92 bits per heavy atom. The zero-order valence-corrected chi connectivity index (χ0v) is 9.91. The maximum absolute atomic E-state index is 11.7. The molecular formula is C10H21NOS. The second-order valence-corrected chi connectivity index (χ2v) is 6.98. The molecular weight excluding hydrogens is 182 g/mol. The van der Waals surface area contributed by atoms with E-state index in [2.05, 4.69) is 11.6 Å². The van der Waals surface area contributed by atoms with E-state index in [1.54, 1.807) is 0 Å². The summed E-state index contributed by atoms with van der Waals surface area (Å²) in [7, 11) is -0.906. The van der Waals surface area contributed by atoms with Gasteiger partial charge in [0.15, 0.2) is 0 Å². The van der Waals surface area contributed by atoms with Crippen LogP contribution in [0.1, 0.15) is 47.0 Å². The summed E-state index contributed by atoms with van der Waals surface area (Å²) in [4.78, 5) is 0. The summed E-state index contributed by atoms with van der Waals surface area (Å²) < 4.78 is 14.8. The van der Waals surface area contributed by atoms with Crippen molar-refractivity contribution in [2.45, 2.75) is 57.7 Å². The fourth-order valence-electron chi connectivity index (χ4n) is 1.38. The Hall–Kier alpha value is 0.110. The van der Waals surface area contributed by atoms with E-state index < -0.39 is 11.0 Å². The van der Waals surface area contributed by atoms with Crippen molar-refractivity contribution in [2.24, 2.45) is 5.92 Å². The van der Waals surface area contributed by atoms with E-state index in [1.165, 1.54) is 19.3 Å². The number of hydrogen-bond acceptors (Lipinski definition) is 1. The first-order chi connectivity index (χ1) is 5.91. The summed E-state index contributed by atoms with van der Waals surface area (Å²) >= 11 is 0. The van der Waals surface area contributed by atoms with Crippen LogP contribution in [0, 0.1) is 5.92 Å². The van der Waals surface area contributed by atoms with Crippen molar-refractivity contribution in [1.29, 1.82) is 0 Å². The summed E-state index contributed by atoms with van der Waals surface area (Å²) in [6.45, 7) is 8.16. The van der Waals surface area contributed by atoms with Crippen LogP contribution in [0.4, 0.5) is 0 Å². The van der Waals surface area contributed by atoms with Crippen molar-refractivity contribution in [3.63, 3.8) is 0 Å². The molecule has 1 fully saturated rings. The molecule has 78 valence electrons. The molecule has 0 radical (unpaired) electrons. The highest BCUT2D eigenvalue weighted by Gasteiger charge is 2.28. The van der Waals surface area contributed by atoms with Crippen molar-refractivity contribution in [1.82, 2.24) is 4.72 Å². The highest BCUT2D eigenvalue weighted by atomic mass is 32.2. The standard InChI is InChI=1S/C10H21NOS/c1-8(9-6-5-7-9)11-13(12)10(2,3)4/h8-9,11H,5-7H2,1-4H3/t8-,13+/m0/s1. The average Bonchev–Trinajstić information content (AvgIpc) is 1.79. The maximum atomic E-state index is 11.7. The second kappa shape index (κ2) is 4.09. The first kappa shape index (κ1) is 11.2. The van der Waals surface area contributed by atoms with Gasteiger partial charge in [-0.05, 0) is 46.5 Å². The molecule has 0 bridgehead atoms. The summed E-state index contributed by atoms with van der Waals surface area (Å²) in [5, 5.41) is 0. The summed E-state index contributed by atoms with van der Waals surface area (Å²) in [6.07, 6.45) is 3.95. The van der Waals surface area contributed by atoms with Crippen molar-refractivity contribution in [3.05, 3.63) is 0 Å². The molecule has 0 aromatic heterocycles. The molecule has 1 aliphatic rings. The van der Waals surface area contributed by atoms with Gasteiger partial charge >= 0.3 is 0 Å². The Labute approximate surface area is 84.1 Å². The molecule has 1 aliphatic carbocycles. The lowest BCUT2D eigenvalue weighted by Crippen LogP contribution is -2.43. The Bertz CT molecular complexity index is 194. The summed E-state index contributed by atoms with van der Waals surface area (Å²) in [5.41, 5.74) is 0. The van der Waals surface area contributed by atoms with Gasteiger partial charge in [0.1, 0.15) is 0 Å². The van der Waals surface area contributed by atoms with E-state index in [4.69, 9.17) is 0 Å². The lowest BCUT2D eigenvalue weighted by Gasteiger charge is -2.33. The van der Waals surface area contributed by atoms with Crippen LogP contribution >= 0.6 is 0 Å². The van der Waals surface area contributed by atoms with Crippen LogP contribution in [0.5, 0.6) is 0 Å². The van der Waals surface area contributed by atoms with Crippen LogP contribution in [0.25, 0.3) is 0 Å². The van der Waals surface area contributed by atoms with E-state index in [1.807, 2.05) is 20.8 Å². The molecule has 0 spiro atoms. The van der Waals surface area contributed by atoms with Gasteiger partial charge in [-0.2, -0.15) is 0 Å². The largest absolute Gasteiger partial charge is 0.242 e. The lowest BCUT2D eigenvalue weighted by atomic mass is 9.81. The molecule has 0 aliphatic heterocycles. The van der Waals surface area contributed by atoms with Gasteiger partial charge < -0.3 is 0 Å². The molecule has 0 amide bonds. The Morgan fingerprint density at radius 1 is 1.38 bits per heavy atom. The van der Waals surface area contributed by atoms with Gasteiger partial charge in [0.05, 0.1) is 15.7 Å². The molecule has 0 aromatic carbocycles. The van der Waals surface area contributed by atoms with Crippen LogP contribution in [0.2, 0.25) is 0 Å². The minimum Gasteiger partial charge on any atom is -0.242 e. The van der Waals surface area contributed by atoms with Crippen LogP contribution in [-0.4, -0.2) is 15.0 Å². The molecule has 1 saturated carbocycles. The highest BCUT2D eigenvalue weighted by molar-refractivity contribution is 7.84. The molecule has 0 heterocycles. The molecule has 13 heavy (non-hydrogen) atoms. The molecule has 1 N–H and O–H groups in total. The van der Waals surface area contributed by atoms with Gasteiger partial charge in [0.25, 0.3) is 0 Å². The molecule has 3 heteroatoms. The smallest absolute Gasteiger partial charge is 0.0972 e.